The summed E-state index contributed by atoms with van der Waals surface area (Å²) in [6.45, 7) is 3.60. The number of rotatable bonds is 4. The lowest BCUT2D eigenvalue weighted by Gasteiger charge is -2.14. The average Bonchev–Trinajstić information content (AvgIpc) is 3.31. The molecule has 25 heavy (non-hydrogen) atoms. The zero-order valence-electron chi connectivity index (χ0n) is 14.4. The van der Waals surface area contributed by atoms with Crippen LogP contribution in [-0.2, 0) is 18.3 Å². The van der Waals surface area contributed by atoms with E-state index >= 15 is 0 Å². The Balaban J connectivity index is 1.87. The molecule has 130 valence electrons. The van der Waals surface area contributed by atoms with Gasteiger partial charge in [-0.2, -0.15) is 5.10 Å². The van der Waals surface area contributed by atoms with Crippen LogP contribution in [0.4, 0.5) is 0 Å². The van der Waals surface area contributed by atoms with Gasteiger partial charge in [0.05, 0.1) is 41.6 Å². The minimum Gasteiger partial charge on any atom is -0.376 e. The standard InChI is InChI=1S/C19H21ClN4O/c1-13-16(19(20)23(2)22-13)18-17(14-7-4-3-5-8-14)21-12-24(18)11-15-9-6-10-25-15/h3-5,7-8,12,15H,6,9-11H2,1-2H3. The Morgan fingerprint density at radius 2 is 2.08 bits per heavy atom. The van der Waals surface area contributed by atoms with Crippen LogP contribution >= 0.6 is 11.6 Å². The van der Waals surface area contributed by atoms with Crippen molar-refractivity contribution in [1.29, 1.82) is 0 Å². The summed E-state index contributed by atoms with van der Waals surface area (Å²) in [5.74, 6) is 0. The number of nitrogens with zero attached hydrogens (tertiary/aromatic N) is 4. The largest absolute Gasteiger partial charge is 0.376 e. The van der Waals surface area contributed by atoms with Crippen LogP contribution in [0.5, 0.6) is 0 Å². The number of ether oxygens (including phenoxy) is 1. The lowest BCUT2D eigenvalue weighted by molar-refractivity contribution is 0.0973. The summed E-state index contributed by atoms with van der Waals surface area (Å²) in [7, 11) is 1.86. The Bertz CT molecular complexity index is 878. The van der Waals surface area contributed by atoms with Gasteiger partial charge in [-0.05, 0) is 19.8 Å². The van der Waals surface area contributed by atoms with Crippen molar-refractivity contribution in [2.24, 2.45) is 7.05 Å². The molecule has 1 aromatic carbocycles. The number of aryl methyl sites for hydroxylation is 2. The monoisotopic (exact) mass is 356 g/mol. The van der Waals surface area contributed by atoms with E-state index in [1.165, 1.54) is 0 Å². The third-order valence-electron chi connectivity index (χ3n) is 4.70. The van der Waals surface area contributed by atoms with Crippen molar-refractivity contribution in [3.63, 3.8) is 0 Å². The molecular weight excluding hydrogens is 336 g/mol. The molecule has 5 nitrogen and oxygen atoms in total. The lowest BCUT2D eigenvalue weighted by Crippen LogP contribution is -2.15. The number of hydrogen-bond acceptors (Lipinski definition) is 3. The van der Waals surface area contributed by atoms with Crippen molar-refractivity contribution in [3.8, 4) is 22.5 Å². The summed E-state index contributed by atoms with van der Waals surface area (Å²) < 4.78 is 9.70. The number of hydrogen-bond donors (Lipinski definition) is 0. The SMILES string of the molecule is Cc1nn(C)c(Cl)c1-c1c(-c2ccccc2)ncn1CC1CCCO1. The molecule has 0 amide bonds. The Morgan fingerprint density at radius 1 is 1.28 bits per heavy atom. The summed E-state index contributed by atoms with van der Waals surface area (Å²) in [6, 6.07) is 10.2. The van der Waals surface area contributed by atoms with Gasteiger partial charge in [0.15, 0.2) is 0 Å². The van der Waals surface area contributed by atoms with Crippen LogP contribution in [0.3, 0.4) is 0 Å². The smallest absolute Gasteiger partial charge is 0.136 e. The average molecular weight is 357 g/mol. The molecule has 6 heteroatoms. The maximum absolute atomic E-state index is 6.58. The Labute approximate surface area is 152 Å². The van der Waals surface area contributed by atoms with Gasteiger partial charge in [0.25, 0.3) is 0 Å². The van der Waals surface area contributed by atoms with Crippen molar-refractivity contribution in [3.05, 3.63) is 47.5 Å². The van der Waals surface area contributed by atoms with Gasteiger partial charge in [0.1, 0.15) is 5.15 Å². The molecule has 1 aliphatic rings. The molecule has 1 unspecified atom stereocenters. The zero-order valence-corrected chi connectivity index (χ0v) is 15.2. The van der Waals surface area contributed by atoms with Crippen LogP contribution in [0.1, 0.15) is 18.5 Å². The lowest BCUT2D eigenvalue weighted by atomic mass is 10.1. The maximum Gasteiger partial charge on any atom is 0.136 e. The van der Waals surface area contributed by atoms with E-state index in [-0.39, 0.29) is 6.10 Å². The number of benzene rings is 1. The van der Waals surface area contributed by atoms with Gasteiger partial charge in [0, 0.05) is 19.2 Å². The molecule has 0 bridgehead atoms. The summed E-state index contributed by atoms with van der Waals surface area (Å²) in [6.07, 6.45) is 4.32. The van der Waals surface area contributed by atoms with Gasteiger partial charge < -0.3 is 9.30 Å². The highest BCUT2D eigenvalue weighted by molar-refractivity contribution is 6.32. The molecule has 0 aliphatic carbocycles. The van der Waals surface area contributed by atoms with Gasteiger partial charge in [-0.25, -0.2) is 4.98 Å². The molecule has 0 saturated carbocycles. The van der Waals surface area contributed by atoms with E-state index < -0.39 is 0 Å². The van der Waals surface area contributed by atoms with Crippen molar-refractivity contribution in [2.75, 3.05) is 6.61 Å². The molecule has 1 atom stereocenters. The maximum atomic E-state index is 6.58. The first-order valence-corrected chi connectivity index (χ1v) is 8.94. The first-order chi connectivity index (χ1) is 12.1. The first-order valence-electron chi connectivity index (χ1n) is 8.56. The molecule has 1 saturated heterocycles. The molecule has 4 rings (SSSR count). The van der Waals surface area contributed by atoms with Crippen LogP contribution in [-0.4, -0.2) is 32.0 Å². The van der Waals surface area contributed by atoms with Crippen LogP contribution in [0.2, 0.25) is 5.15 Å². The third-order valence-corrected chi connectivity index (χ3v) is 5.13. The van der Waals surface area contributed by atoms with E-state index in [4.69, 9.17) is 21.3 Å². The molecule has 2 aromatic heterocycles. The summed E-state index contributed by atoms with van der Waals surface area (Å²) in [5.41, 5.74) is 4.86. The fourth-order valence-electron chi connectivity index (χ4n) is 3.50. The van der Waals surface area contributed by atoms with Crippen LogP contribution in [0, 0.1) is 6.92 Å². The highest BCUT2D eigenvalue weighted by Gasteiger charge is 2.25. The van der Waals surface area contributed by atoms with E-state index in [0.29, 0.717) is 5.15 Å². The minimum absolute atomic E-state index is 0.229. The molecule has 3 heterocycles. The van der Waals surface area contributed by atoms with Gasteiger partial charge >= 0.3 is 0 Å². The van der Waals surface area contributed by atoms with Crippen molar-refractivity contribution >= 4 is 11.6 Å². The second-order valence-electron chi connectivity index (χ2n) is 6.47. The summed E-state index contributed by atoms with van der Waals surface area (Å²) in [5, 5.41) is 5.12. The molecule has 0 spiro atoms. The van der Waals surface area contributed by atoms with Crippen LogP contribution in [0.15, 0.2) is 36.7 Å². The summed E-state index contributed by atoms with van der Waals surface area (Å²) in [4.78, 5) is 4.71. The first kappa shape index (κ1) is 16.4. The van der Waals surface area contributed by atoms with Crippen molar-refractivity contribution < 1.29 is 4.74 Å². The zero-order chi connectivity index (χ0) is 17.4. The number of halogens is 1. The Morgan fingerprint density at radius 3 is 2.72 bits per heavy atom. The molecular formula is C19H21ClN4O. The second kappa shape index (κ2) is 6.65. The predicted molar refractivity (Wildman–Crippen MR) is 98.6 cm³/mol. The van der Waals surface area contributed by atoms with Gasteiger partial charge in [-0.3, -0.25) is 4.68 Å². The molecule has 3 aromatic rings. The normalized spacial score (nSPS) is 17.3. The topological polar surface area (TPSA) is 44.9 Å². The highest BCUT2D eigenvalue weighted by Crippen LogP contribution is 2.37. The predicted octanol–water partition coefficient (Wildman–Crippen LogP) is 4.09. The fraction of sp³-hybridized carbons (Fsp3) is 0.368. The van der Waals surface area contributed by atoms with E-state index in [9.17, 15) is 0 Å². The van der Waals surface area contributed by atoms with Gasteiger partial charge in [-0.15, -0.1) is 0 Å². The fourth-order valence-corrected chi connectivity index (χ4v) is 3.76. The van der Waals surface area contributed by atoms with Gasteiger partial charge in [-0.1, -0.05) is 41.9 Å². The molecule has 0 N–H and O–H groups in total. The third kappa shape index (κ3) is 2.98. The van der Waals surface area contributed by atoms with Crippen molar-refractivity contribution in [2.45, 2.75) is 32.4 Å². The van der Waals surface area contributed by atoms with E-state index in [1.54, 1.807) is 4.68 Å². The number of aromatic nitrogens is 4. The Hall–Kier alpha value is -2.11. The second-order valence-corrected chi connectivity index (χ2v) is 6.83. The minimum atomic E-state index is 0.229. The van der Waals surface area contributed by atoms with E-state index in [0.717, 1.165) is 54.2 Å². The molecule has 1 aliphatic heterocycles. The van der Waals surface area contributed by atoms with E-state index in [2.05, 4.69) is 21.8 Å². The van der Waals surface area contributed by atoms with Crippen LogP contribution in [0.25, 0.3) is 22.5 Å². The molecule has 0 radical (unpaired) electrons. The van der Waals surface area contributed by atoms with Crippen molar-refractivity contribution in [1.82, 2.24) is 19.3 Å². The summed E-state index contributed by atoms with van der Waals surface area (Å²) >= 11 is 6.58. The quantitative estimate of drug-likeness (QED) is 0.707. The number of imidazole rings is 1. The molecule has 1 fully saturated rings. The Kier molecular flexibility index (Phi) is 4.36. The van der Waals surface area contributed by atoms with Gasteiger partial charge in [0.2, 0.25) is 0 Å². The highest BCUT2D eigenvalue weighted by atomic mass is 35.5. The van der Waals surface area contributed by atoms with E-state index in [1.807, 2.05) is 38.5 Å². The van der Waals surface area contributed by atoms with Crippen LogP contribution < -0.4 is 0 Å².